The van der Waals surface area contributed by atoms with Crippen LogP contribution >= 0.6 is 23.4 Å². The summed E-state index contributed by atoms with van der Waals surface area (Å²) in [5.41, 5.74) is 1.87. The van der Waals surface area contributed by atoms with Crippen LogP contribution in [0.5, 0.6) is 5.75 Å². The van der Waals surface area contributed by atoms with E-state index in [1.165, 1.54) is 6.92 Å². The molecule has 0 bridgehead atoms. The topological polar surface area (TPSA) is 67.8 Å². The maximum atomic E-state index is 11.9. The summed E-state index contributed by atoms with van der Waals surface area (Å²) in [6, 6.07) is 14.9. The van der Waals surface area contributed by atoms with Crippen LogP contribution in [0, 0.1) is 0 Å². The lowest BCUT2D eigenvalue weighted by molar-refractivity contribution is -0.117. The molecule has 3 rings (SSSR count). The van der Waals surface area contributed by atoms with Crippen LogP contribution in [-0.2, 0) is 16.2 Å². The molecule has 7 heteroatoms. The summed E-state index contributed by atoms with van der Waals surface area (Å²) in [5, 5.41) is 3.51. The number of carbonyl (C=O) groups excluding carboxylic acids is 2. The van der Waals surface area contributed by atoms with Crippen LogP contribution in [0.4, 0.5) is 0 Å². The monoisotopic (exact) mass is 386 g/mol. The van der Waals surface area contributed by atoms with Crippen LogP contribution in [0.3, 0.4) is 0 Å². The van der Waals surface area contributed by atoms with Crippen LogP contribution in [-0.4, -0.2) is 17.0 Å². The largest absolute Gasteiger partial charge is 0.489 e. The van der Waals surface area contributed by atoms with Crippen molar-refractivity contribution in [3.63, 3.8) is 0 Å². The van der Waals surface area contributed by atoms with Crippen LogP contribution in [0.2, 0.25) is 5.02 Å². The molecule has 1 aliphatic rings. The number of thioether (sulfide) groups is 1. The molecule has 26 heavy (non-hydrogen) atoms. The molecule has 1 aliphatic heterocycles. The molecule has 0 fully saturated rings. The number of ether oxygens (including phenoxy) is 1. The molecule has 0 aliphatic carbocycles. The molecule has 132 valence electrons. The van der Waals surface area contributed by atoms with Gasteiger partial charge in [-0.1, -0.05) is 35.9 Å². The first-order valence-electron chi connectivity index (χ1n) is 7.77. The minimum Gasteiger partial charge on any atom is -0.489 e. The summed E-state index contributed by atoms with van der Waals surface area (Å²) in [4.78, 5) is 27.2. The molecule has 5 nitrogen and oxygen atoms in total. The first-order chi connectivity index (χ1) is 12.5. The quantitative estimate of drug-likeness (QED) is 0.805. The van der Waals surface area contributed by atoms with Gasteiger partial charge in [-0.05, 0) is 53.2 Å². The van der Waals surface area contributed by atoms with Gasteiger partial charge < -0.3 is 10.1 Å². The lowest BCUT2D eigenvalue weighted by Gasteiger charge is -2.07. The molecule has 1 heterocycles. The number of amides is 2. The van der Waals surface area contributed by atoms with Gasteiger partial charge in [0.15, 0.2) is 5.17 Å². The number of hydrogen-bond donors (Lipinski definition) is 1. The van der Waals surface area contributed by atoms with Crippen molar-refractivity contribution in [2.45, 2.75) is 13.5 Å². The van der Waals surface area contributed by atoms with Crippen molar-refractivity contribution < 1.29 is 14.3 Å². The molecule has 0 spiro atoms. The number of benzene rings is 2. The summed E-state index contributed by atoms with van der Waals surface area (Å²) in [6.07, 6.45) is 1.73. The Bertz CT molecular complexity index is 890. The van der Waals surface area contributed by atoms with E-state index in [1.54, 1.807) is 6.08 Å². The van der Waals surface area contributed by atoms with E-state index in [2.05, 4.69) is 10.3 Å². The lowest BCUT2D eigenvalue weighted by Crippen LogP contribution is -2.23. The van der Waals surface area contributed by atoms with Gasteiger partial charge in [-0.25, -0.2) is 0 Å². The number of hydrogen-bond acceptors (Lipinski definition) is 4. The number of rotatable bonds is 4. The fourth-order valence-corrected chi connectivity index (χ4v) is 3.16. The van der Waals surface area contributed by atoms with Crippen molar-refractivity contribution in [2.75, 3.05) is 0 Å². The van der Waals surface area contributed by atoms with Gasteiger partial charge in [0, 0.05) is 11.9 Å². The first-order valence-corrected chi connectivity index (χ1v) is 8.96. The zero-order valence-electron chi connectivity index (χ0n) is 13.9. The van der Waals surface area contributed by atoms with E-state index in [1.807, 2.05) is 48.5 Å². The van der Waals surface area contributed by atoms with Gasteiger partial charge in [0.25, 0.3) is 5.91 Å². The summed E-state index contributed by atoms with van der Waals surface area (Å²) in [7, 11) is 0. The highest BCUT2D eigenvalue weighted by molar-refractivity contribution is 8.18. The first kappa shape index (κ1) is 18.2. The second kappa shape index (κ2) is 8.21. The van der Waals surface area contributed by atoms with Crippen molar-refractivity contribution in [1.29, 1.82) is 0 Å². The summed E-state index contributed by atoms with van der Waals surface area (Å²) >= 11 is 7.00. The Kier molecular flexibility index (Phi) is 5.75. The highest BCUT2D eigenvalue weighted by Gasteiger charge is 2.22. The molecule has 0 unspecified atom stereocenters. The van der Waals surface area contributed by atoms with Crippen LogP contribution in [0.1, 0.15) is 18.1 Å². The molecular weight excluding hydrogens is 372 g/mol. The average molecular weight is 387 g/mol. The van der Waals surface area contributed by atoms with Gasteiger partial charge in [-0.15, -0.1) is 0 Å². The fraction of sp³-hybridized carbons (Fsp3) is 0.105. The van der Waals surface area contributed by atoms with Crippen LogP contribution in [0.25, 0.3) is 6.08 Å². The molecular formula is C19H15ClN2O3S. The second-order valence-corrected chi connectivity index (χ2v) is 6.97. The van der Waals surface area contributed by atoms with Gasteiger partial charge >= 0.3 is 0 Å². The van der Waals surface area contributed by atoms with Crippen molar-refractivity contribution in [3.05, 3.63) is 69.6 Å². The van der Waals surface area contributed by atoms with Crippen LogP contribution < -0.4 is 10.1 Å². The van der Waals surface area contributed by atoms with Gasteiger partial charge in [-0.3, -0.25) is 9.59 Å². The SMILES string of the molecule is CC(=O)NC1=NC(=O)/C(=C/c2ccc(OCc3ccc(Cl)cc3)cc2)S1. The Labute approximate surface area is 160 Å². The number of aliphatic imine (C=N–C) groups is 1. The number of carbonyl (C=O) groups is 2. The third-order valence-electron chi connectivity index (χ3n) is 3.40. The summed E-state index contributed by atoms with van der Waals surface area (Å²) in [5.74, 6) is 0.108. The van der Waals surface area contributed by atoms with Crippen LogP contribution in [0.15, 0.2) is 58.4 Å². The minimum atomic E-state index is -0.359. The maximum Gasteiger partial charge on any atom is 0.286 e. The molecule has 0 saturated carbocycles. The molecule has 0 saturated heterocycles. The Balaban J connectivity index is 1.60. The molecule has 2 aromatic rings. The van der Waals surface area contributed by atoms with Gasteiger partial charge in [0.05, 0.1) is 4.91 Å². The van der Waals surface area contributed by atoms with Gasteiger partial charge in [0.2, 0.25) is 5.91 Å². The number of halogens is 1. The van der Waals surface area contributed by atoms with Crippen molar-refractivity contribution >= 4 is 46.4 Å². The molecule has 1 N–H and O–H groups in total. The van der Waals surface area contributed by atoms with Crippen molar-refractivity contribution in [3.8, 4) is 5.75 Å². The molecule has 2 aromatic carbocycles. The standard InChI is InChI=1S/C19H15ClN2O3S/c1-12(23)21-19-22-18(24)17(26-19)10-13-4-8-16(9-5-13)25-11-14-2-6-15(20)7-3-14/h2-10H,11H2,1H3,(H,21,22,23,24)/b17-10-. The average Bonchev–Trinajstić information content (AvgIpc) is 2.94. The third-order valence-corrected chi connectivity index (χ3v) is 4.55. The normalized spacial score (nSPS) is 15.1. The van der Waals surface area contributed by atoms with Gasteiger partial charge in [-0.2, -0.15) is 4.99 Å². The number of nitrogens with zero attached hydrogens (tertiary/aromatic N) is 1. The Morgan fingerprint density at radius 2 is 1.88 bits per heavy atom. The summed E-state index contributed by atoms with van der Waals surface area (Å²) < 4.78 is 5.73. The van der Waals surface area contributed by atoms with E-state index < -0.39 is 0 Å². The second-order valence-electron chi connectivity index (χ2n) is 5.50. The fourth-order valence-electron chi connectivity index (χ4n) is 2.17. The van der Waals surface area contributed by atoms with E-state index in [9.17, 15) is 9.59 Å². The smallest absolute Gasteiger partial charge is 0.286 e. The Hall–Kier alpha value is -2.57. The molecule has 2 amide bonds. The van der Waals surface area contributed by atoms with Gasteiger partial charge in [0.1, 0.15) is 12.4 Å². The van der Waals surface area contributed by atoms with E-state index in [0.29, 0.717) is 21.7 Å². The van der Waals surface area contributed by atoms with E-state index in [-0.39, 0.29) is 11.8 Å². The van der Waals surface area contributed by atoms with E-state index in [4.69, 9.17) is 16.3 Å². The maximum absolute atomic E-state index is 11.9. The predicted octanol–water partition coefficient (Wildman–Crippen LogP) is 4.03. The minimum absolute atomic E-state index is 0.257. The predicted molar refractivity (Wildman–Crippen MR) is 104 cm³/mol. The Morgan fingerprint density at radius 1 is 1.19 bits per heavy atom. The van der Waals surface area contributed by atoms with E-state index in [0.717, 1.165) is 28.6 Å². The van der Waals surface area contributed by atoms with E-state index >= 15 is 0 Å². The number of amidine groups is 1. The third kappa shape index (κ3) is 4.97. The molecule has 0 radical (unpaired) electrons. The Morgan fingerprint density at radius 3 is 2.54 bits per heavy atom. The lowest BCUT2D eigenvalue weighted by atomic mass is 10.2. The molecule has 0 aromatic heterocycles. The highest BCUT2D eigenvalue weighted by Crippen LogP contribution is 2.28. The zero-order chi connectivity index (χ0) is 18.5. The highest BCUT2D eigenvalue weighted by atomic mass is 35.5. The summed E-state index contributed by atoms with van der Waals surface area (Å²) in [6.45, 7) is 1.82. The zero-order valence-corrected chi connectivity index (χ0v) is 15.4. The molecule has 0 atom stereocenters. The van der Waals surface area contributed by atoms with Crippen molar-refractivity contribution in [2.24, 2.45) is 4.99 Å². The van der Waals surface area contributed by atoms with Crippen molar-refractivity contribution in [1.82, 2.24) is 5.32 Å². The number of nitrogens with one attached hydrogen (secondary N) is 1.